The van der Waals surface area contributed by atoms with Gasteiger partial charge in [0.25, 0.3) is 0 Å². The van der Waals surface area contributed by atoms with Gasteiger partial charge in [-0.2, -0.15) is 0 Å². The van der Waals surface area contributed by atoms with Gasteiger partial charge in [0.15, 0.2) is 9.84 Å². The smallest absolute Gasteiger partial charge is 0.202 e. The average Bonchev–Trinajstić information content (AvgIpc) is 2.83. The third kappa shape index (κ3) is 3.21. The first-order chi connectivity index (χ1) is 8.11. The van der Waals surface area contributed by atoms with Crippen LogP contribution in [0.25, 0.3) is 0 Å². The Bertz CT molecular complexity index is 467. The first-order valence-corrected chi connectivity index (χ1v) is 7.88. The van der Waals surface area contributed by atoms with Gasteiger partial charge in [-0.15, -0.1) is 0 Å². The van der Waals surface area contributed by atoms with Gasteiger partial charge >= 0.3 is 0 Å². The molecule has 96 valence electrons. The summed E-state index contributed by atoms with van der Waals surface area (Å²) in [6.45, 7) is 3.73. The normalized spacial score (nSPS) is 22.8. The van der Waals surface area contributed by atoms with Crippen molar-refractivity contribution >= 4 is 15.8 Å². The van der Waals surface area contributed by atoms with E-state index in [1.165, 1.54) is 0 Å². The van der Waals surface area contributed by atoms with E-state index in [9.17, 15) is 8.42 Å². The molecule has 0 amide bonds. The van der Waals surface area contributed by atoms with Crippen molar-refractivity contribution in [3.05, 3.63) is 12.4 Å². The van der Waals surface area contributed by atoms with Crippen LogP contribution < -0.4 is 5.32 Å². The van der Waals surface area contributed by atoms with Crippen molar-refractivity contribution in [1.29, 1.82) is 0 Å². The van der Waals surface area contributed by atoms with Gasteiger partial charge in [0.05, 0.1) is 11.5 Å². The van der Waals surface area contributed by atoms with E-state index in [-0.39, 0.29) is 5.92 Å². The predicted molar refractivity (Wildman–Crippen MR) is 67.8 cm³/mol. The third-order valence-electron chi connectivity index (χ3n) is 3.03. The first-order valence-electron chi connectivity index (χ1n) is 6.06. The molecule has 1 aromatic rings. The molecule has 0 aliphatic carbocycles. The first kappa shape index (κ1) is 12.4. The Morgan fingerprint density at radius 3 is 3.06 bits per heavy atom. The molecule has 0 radical (unpaired) electrons. The molecule has 2 rings (SSSR count). The van der Waals surface area contributed by atoms with Crippen molar-refractivity contribution in [3.63, 3.8) is 0 Å². The maximum absolute atomic E-state index is 11.4. The molecule has 0 bridgehead atoms. The number of hydrogen-bond acceptors (Lipinski definition) is 4. The molecule has 1 aliphatic heterocycles. The summed E-state index contributed by atoms with van der Waals surface area (Å²) in [5.74, 6) is 1.73. The molecule has 5 nitrogen and oxygen atoms in total. The highest BCUT2D eigenvalue weighted by atomic mass is 32.2. The topological polar surface area (TPSA) is 64.0 Å². The minimum absolute atomic E-state index is 0.233. The average molecular weight is 257 g/mol. The lowest BCUT2D eigenvalue weighted by Crippen LogP contribution is -2.15. The van der Waals surface area contributed by atoms with Gasteiger partial charge in [0, 0.05) is 25.5 Å². The van der Waals surface area contributed by atoms with Gasteiger partial charge in [-0.1, -0.05) is 6.92 Å². The van der Waals surface area contributed by atoms with Crippen LogP contribution >= 0.6 is 0 Å². The van der Waals surface area contributed by atoms with Gasteiger partial charge < -0.3 is 9.88 Å². The SMILES string of the molecule is CCCNc1nccn1CC1CCS(=O)(=O)C1. The van der Waals surface area contributed by atoms with Crippen molar-refractivity contribution in [3.8, 4) is 0 Å². The molecule has 6 heteroatoms. The number of sulfone groups is 1. The van der Waals surface area contributed by atoms with Crippen molar-refractivity contribution in [1.82, 2.24) is 9.55 Å². The van der Waals surface area contributed by atoms with Crippen LogP contribution in [0.3, 0.4) is 0 Å². The summed E-state index contributed by atoms with van der Waals surface area (Å²) in [5, 5.41) is 3.24. The Labute approximate surface area is 102 Å². The Morgan fingerprint density at radius 2 is 2.41 bits per heavy atom. The molecular weight excluding hydrogens is 238 g/mol. The summed E-state index contributed by atoms with van der Waals surface area (Å²) in [6, 6.07) is 0. The van der Waals surface area contributed by atoms with E-state index in [0.717, 1.165) is 31.9 Å². The Morgan fingerprint density at radius 1 is 1.59 bits per heavy atom. The molecule has 1 aromatic heterocycles. The van der Waals surface area contributed by atoms with E-state index >= 15 is 0 Å². The maximum Gasteiger partial charge on any atom is 0.202 e. The number of rotatable bonds is 5. The van der Waals surface area contributed by atoms with Crippen molar-refractivity contribution in [2.75, 3.05) is 23.4 Å². The number of imidazole rings is 1. The van der Waals surface area contributed by atoms with Crippen molar-refractivity contribution in [2.45, 2.75) is 26.3 Å². The van der Waals surface area contributed by atoms with Gasteiger partial charge in [0.1, 0.15) is 0 Å². The molecule has 0 saturated carbocycles. The molecule has 1 N–H and O–H groups in total. The monoisotopic (exact) mass is 257 g/mol. The Kier molecular flexibility index (Phi) is 3.71. The zero-order valence-electron chi connectivity index (χ0n) is 10.1. The quantitative estimate of drug-likeness (QED) is 0.859. The fraction of sp³-hybridized carbons (Fsp3) is 0.727. The van der Waals surface area contributed by atoms with Crippen LogP contribution in [0.4, 0.5) is 5.95 Å². The van der Waals surface area contributed by atoms with Crippen LogP contribution in [0.1, 0.15) is 19.8 Å². The van der Waals surface area contributed by atoms with Crippen LogP contribution in [0.15, 0.2) is 12.4 Å². The highest BCUT2D eigenvalue weighted by Gasteiger charge is 2.28. The molecule has 1 saturated heterocycles. The van der Waals surface area contributed by atoms with E-state index in [4.69, 9.17) is 0 Å². The molecule has 0 aromatic carbocycles. The lowest BCUT2D eigenvalue weighted by Gasteiger charge is -2.12. The van der Waals surface area contributed by atoms with E-state index in [1.807, 2.05) is 10.8 Å². The number of nitrogens with one attached hydrogen (secondary N) is 1. The summed E-state index contributed by atoms with van der Waals surface area (Å²) < 4.78 is 24.8. The third-order valence-corrected chi connectivity index (χ3v) is 4.87. The summed E-state index contributed by atoms with van der Waals surface area (Å²) in [5.41, 5.74) is 0. The summed E-state index contributed by atoms with van der Waals surface area (Å²) >= 11 is 0. The standard InChI is InChI=1S/C11H19N3O2S/c1-2-4-12-11-13-5-6-14(11)8-10-3-7-17(15,16)9-10/h5-6,10H,2-4,7-9H2,1H3,(H,12,13). The molecule has 0 spiro atoms. The molecule has 1 aliphatic rings. The summed E-state index contributed by atoms with van der Waals surface area (Å²) in [7, 11) is -2.78. The highest BCUT2D eigenvalue weighted by molar-refractivity contribution is 7.91. The largest absolute Gasteiger partial charge is 0.356 e. The second kappa shape index (κ2) is 5.08. The zero-order chi connectivity index (χ0) is 12.3. The van der Waals surface area contributed by atoms with Crippen LogP contribution in [0, 0.1) is 5.92 Å². The fourth-order valence-electron chi connectivity index (χ4n) is 2.15. The van der Waals surface area contributed by atoms with Crippen LogP contribution in [-0.4, -0.2) is 36.0 Å². The Hall–Kier alpha value is -1.04. The van der Waals surface area contributed by atoms with Crippen LogP contribution in [0.2, 0.25) is 0 Å². The molecule has 17 heavy (non-hydrogen) atoms. The van der Waals surface area contributed by atoms with E-state index < -0.39 is 9.84 Å². The molecule has 1 fully saturated rings. The van der Waals surface area contributed by atoms with E-state index in [0.29, 0.717) is 11.5 Å². The van der Waals surface area contributed by atoms with Gasteiger partial charge in [0.2, 0.25) is 5.95 Å². The second-order valence-corrected chi connectivity index (χ2v) is 6.83. The molecule has 2 heterocycles. The summed E-state index contributed by atoms with van der Waals surface area (Å²) in [4.78, 5) is 4.23. The van der Waals surface area contributed by atoms with Crippen molar-refractivity contribution < 1.29 is 8.42 Å². The van der Waals surface area contributed by atoms with Crippen LogP contribution in [0.5, 0.6) is 0 Å². The minimum Gasteiger partial charge on any atom is -0.356 e. The lowest BCUT2D eigenvalue weighted by molar-refractivity contribution is 0.493. The van der Waals surface area contributed by atoms with Gasteiger partial charge in [-0.3, -0.25) is 0 Å². The lowest BCUT2D eigenvalue weighted by atomic mass is 10.1. The van der Waals surface area contributed by atoms with Crippen molar-refractivity contribution in [2.24, 2.45) is 5.92 Å². The van der Waals surface area contributed by atoms with Crippen LogP contribution in [-0.2, 0) is 16.4 Å². The second-order valence-electron chi connectivity index (χ2n) is 4.60. The maximum atomic E-state index is 11.4. The highest BCUT2D eigenvalue weighted by Crippen LogP contribution is 2.21. The van der Waals surface area contributed by atoms with E-state index in [1.54, 1.807) is 6.20 Å². The summed E-state index contributed by atoms with van der Waals surface area (Å²) in [6.07, 6.45) is 5.47. The number of hydrogen-bond donors (Lipinski definition) is 1. The predicted octanol–water partition coefficient (Wildman–Crippen LogP) is 1.14. The minimum atomic E-state index is -2.78. The molecular formula is C11H19N3O2S. The number of nitrogens with zero attached hydrogens (tertiary/aromatic N) is 2. The van der Waals surface area contributed by atoms with Gasteiger partial charge in [-0.05, 0) is 18.8 Å². The zero-order valence-corrected chi connectivity index (χ0v) is 10.9. The molecule has 1 atom stereocenters. The fourth-order valence-corrected chi connectivity index (χ4v) is 4.00. The molecule has 1 unspecified atom stereocenters. The Balaban J connectivity index is 1.97. The van der Waals surface area contributed by atoms with Gasteiger partial charge in [-0.25, -0.2) is 13.4 Å². The number of anilines is 1. The number of aromatic nitrogens is 2. The van der Waals surface area contributed by atoms with E-state index in [2.05, 4.69) is 17.2 Å².